The molecule has 0 fully saturated rings. The quantitative estimate of drug-likeness (QED) is 0.167. The third kappa shape index (κ3) is 20.1. The highest BCUT2D eigenvalue weighted by molar-refractivity contribution is 5.77. The molecule has 0 aliphatic rings. The van der Waals surface area contributed by atoms with Crippen LogP contribution in [-0.2, 0) is 14.4 Å². The number of carboxylic acid groups (broad SMARTS) is 2. The van der Waals surface area contributed by atoms with E-state index in [9.17, 15) is 14.4 Å². The van der Waals surface area contributed by atoms with Crippen LogP contribution in [0.1, 0.15) is 136 Å². The van der Waals surface area contributed by atoms with Gasteiger partial charge < -0.3 is 15.5 Å². The third-order valence-corrected chi connectivity index (χ3v) is 5.98. The Morgan fingerprint density at radius 2 is 0.968 bits per heavy atom. The maximum Gasteiger partial charge on any atom is 0.303 e. The standard InChI is InChI=1S/C25H47NO5/c1-3-4-5-6-7-8-9-10-11-12-13-14-15-16-17-22(27)26-25(2,20-18-23(28)29)21-19-24(30)31/h3-21H2,1-2H3,(H,26,27)(H,28,29)(H,30,31). The van der Waals surface area contributed by atoms with E-state index in [0.29, 0.717) is 6.42 Å². The van der Waals surface area contributed by atoms with Crippen LogP contribution in [0.5, 0.6) is 0 Å². The molecule has 6 nitrogen and oxygen atoms in total. The summed E-state index contributed by atoms with van der Waals surface area (Å²) in [6.07, 6.45) is 18.4. The van der Waals surface area contributed by atoms with Gasteiger partial charge in [-0.1, -0.05) is 90.4 Å². The molecular weight excluding hydrogens is 394 g/mol. The van der Waals surface area contributed by atoms with Gasteiger partial charge in [-0.25, -0.2) is 0 Å². The molecule has 6 heteroatoms. The van der Waals surface area contributed by atoms with Gasteiger partial charge >= 0.3 is 11.9 Å². The van der Waals surface area contributed by atoms with Crippen molar-refractivity contribution in [2.45, 2.75) is 141 Å². The Balaban J connectivity index is 3.77. The summed E-state index contributed by atoms with van der Waals surface area (Å²) >= 11 is 0. The van der Waals surface area contributed by atoms with Crippen molar-refractivity contribution in [2.75, 3.05) is 0 Å². The number of nitrogens with one attached hydrogen (secondary N) is 1. The molecule has 0 saturated carbocycles. The predicted molar refractivity (Wildman–Crippen MR) is 125 cm³/mol. The Morgan fingerprint density at radius 3 is 1.32 bits per heavy atom. The number of carboxylic acids is 2. The summed E-state index contributed by atoms with van der Waals surface area (Å²) in [4.78, 5) is 34.0. The monoisotopic (exact) mass is 441 g/mol. The molecule has 0 atom stereocenters. The molecule has 0 aromatic heterocycles. The Labute approximate surface area is 189 Å². The molecule has 3 N–H and O–H groups in total. The molecule has 0 radical (unpaired) electrons. The number of aliphatic carboxylic acids is 2. The lowest BCUT2D eigenvalue weighted by atomic mass is 9.90. The highest BCUT2D eigenvalue weighted by atomic mass is 16.4. The second-order valence-corrected chi connectivity index (χ2v) is 9.24. The van der Waals surface area contributed by atoms with Crippen LogP contribution in [0.4, 0.5) is 0 Å². The van der Waals surface area contributed by atoms with Crippen molar-refractivity contribution in [3.63, 3.8) is 0 Å². The van der Waals surface area contributed by atoms with Crippen molar-refractivity contribution in [1.82, 2.24) is 5.32 Å². The number of amides is 1. The van der Waals surface area contributed by atoms with Gasteiger partial charge in [-0.3, -0.25) is 14.4 Å². The molecule has 0 saturated heterocycles. The number of unbranched alkanes of at least 4 members (excludes halogenated alkanes) is 13. The van der Waals surface area contributed by atoms with Crippen molar-refractivity contribution in [2.24, 2.45) is 0 Å². The summed E-state index contributed by atoms with van der Waals surface area (Å²) in [6.45, 7) is 3.99. The zero-order valence-corrected chi connectivity index (χ0v) is 20.1. The minimum absolute atomic E-state index is 0.0880. The molecule has 0 aromatic carbocycles. The van der Waals surface area contributed by atoms with Crippen molar-refractivity contribution in [3.05, 3.63) is 0 Å². The number of hydrogen-bond donors (Lipinski definition) is 3. The molecule has 0 aliphatic carbocycles. The largest absolute Gasteiger partial charge is 0.481 e. The lowest BCUT2D eigenvalue weighted by Gasteiger charge is -2.30. The lowest BCUT2D eigenvalue weighted by molar-refractivity contribution is -0.138. The molecule has 0 heterocycles. The van der Waals surface area contributed by atoms with Crippen LogP contribution in [0.25, 0.3) is 0 Å². The zero-order chi connectivity index (χ0) is 23.4. The summed E-state index contributed by atoms with van der Waals surface area (Å²) in [6, 6.07) is 0. The molecule has 0 aliphatic heterocycles. The number of hydrogen-bond acceptors (Lipinski definition) is 3. The average Bonchev–Trinajstić information content (AvgIpc) is 2.71. The van der Waals surface area contributed by atoms with E-state index in [-0.39, 0.29) is 31.6 Å². The van der Waals surface area contributed by atoms with Gasteiger partial charge in [0.15, 0.2) is 0 Å². The molecule has 0 aromatic rings. The van der Waals surface area contributed by atoms with Crippen LogP contribution < -0.4 is 5.32 Å². The summed E-state index contributed by atoms with van der Waals surface area (Å²) in [7, 11) is 0. The smallest absolute Gasteiger partial charge is 0.303 e. The molecule has 1 amide bonds. The van der Waals surface area contributed by atoms with Crippen molar-refractivity contribution in [3.8, 4) is 0 Å². The maximum absolute atomic E-state index is 12.3. The van der Waals surface area contributed by atoms with Crippen LogP contribution in [-0.4, -0.2) is 33.6 Å². The van der Waals surface area contributed by atoms with E-state index >= 15 is 0 Å². The van der Waals surface area contributed by atoms with E-state index < -0.39 is 17.5 Å². The van der Waals surface area contributed by atoms with Gasteiger partial charge in [0.25, 0.3) is 0 Å². The van der Waals surface area contributed by atoms with E-state index in [1.807, 2.05) is 0 Å². The van der Waals surface area contributed by atoms with E-state index in [4.69, 9.17) is 10.2 Å². The molecule has 0 spiro atoms. The Morgan fingerprint density at radius 1 is 0.613 bits per heavy atom. The first kappa shape index (κ1) is 29.4. The van der Waals surface area contributed by atoms with Gasteiger partial charge in [-0.15, -0.1) is 0 Å². The SMILES string of the molecule is CCCCCCCCCCCCCCCCC(=O)NC(C)(CCC(=O)O)CCC(=O)O. The van der Waals surface area contributed by atoms with Crippen LogP contribution in [0.2, 0.25) is 0 Å². The van der Waals surface area contributed by atoms with Gasteiger partial charge in [-0.2, -0.15) is 0 Å². The first-order chi connectivity index (χ1) is 14.8. The second-order valence-electron chi connectivity index (χ2n) is 9.24. The van der Waals surface area contributed by atoms with Crippen LogP contribution >= 0.6 is 0 Å². The van der Waals surface area contributed by atoms with Crippen molar-refractivity contribution < 1.29 is 24.6 Å². The normalized spacial score (nSPS) is 11.4. The van der Waals surface area contributed by atoms with Crippen LogP contribution in [0.15, 0.2) is 0 Å². The summed E-state index contributed by atoms with van der Waals surface area (Å²) in [5.74, 6) is -2.00. The molecule has 0 bridgehead atoms. The van der Waals surface area contributed by atoms with Crippen molar-refractivity contribution >= 4 is 17.8 Å². The zero-order valence-electron chi connectivity index (χ0n) is 20.1. The molecule has 31 heavy (non-hydrogen) atoms. The van der Waals surface area contributed by atoms with Gasteiger partial charge in [0.05, 0.1) is 0 Å². The van der Waals surface area contributed by atoms with E-state index in [1.165, 1.54) is 70.6 Å². The summed E-state index contributed by atoms with van der Waals surface area (Å²) < 4.78 is 0. The highest BCUT2D eigenvalue weighted by Gasteiger charge is 2.27. The van der Waals surface area contributed by atoms with Crippen LogP contribution in [0.3, 0.4) is 0 Å². The third-order valence-electron chi connectivity index (χ3n) is 5.98. The fraction of sp³-hybridized carbons (Fsp3) is 0.880. The fourth-order valence-electron chi connectivity index (χ4n) is 3.89. The fourth-order valence-corrected chi connectivity index (χ4v) is 3.89. The topological polar surface area (TPSA) is 104 Å². The highest BCUT2D eigenvalue weighted by Crippen LogP contribution is 2.20. The van der Waals surface area contributed by atoms with E-state index in [2.05, 4.69) is 12.2 Å². The van der Waals surface area contributed by atoms with E-state index in [1.54, 1.807) is 6.92 Å². The minimum atomic E-state index is -0.942. The van der Waals surface area contributed by atoms with E-state index in [0.717, 1.165) is 19.3 Å². The molecule has 0 rings (SSSR count). The van der Waals surface area contributed by atoms with Crippen molar-refractivity contribution in [1.29, 1.82) is 0 Å². The lowest BCUT2D eigenvalue weighted by Crippen LogP contribution is -2.46. The molecular formula is C25H47NO5. The summed E-state index contributed by atoms with van der Waals surface area (Å²) in [5, 5.41) is 20.7. The minimum Gasteiger partial charge on any atom is -0.481 e. The first-order valence-corrected chi connectivity index (χ1v) is 12.5. The van der Waals surface area contributed by atoms with Gasteiger partial charge in [-0.05, 0) is 26.2 Å². The maximum atomic E-state index is 12.3. The molecule has 182 valence electrons. The second kappa shape index (κ2) is 19.1. The number of carbonyl (C=O) groups is 3. The Kier molecular flexibility index (Phi) is 18.1. The number of carbonyl (C=O) groups excluding carboxylic acids is 1. The average molecular weight is 442 g/mol. The predicted octanol–water partition coefficient (Wildman–Crippen LogP) is 6.46. The van der Waals surface area contributed by atoms with Gasteiger partial charge in [0.2, 0.25) is 5.91 Å². The number of rotatable bonds is 22. The first-order valence-electron chi connectivity index (χ1n) is 12.5. The Hall–Kier alpha value is -1.59. The van der Waals surface area contributed by atoms with Crippen LogP contribution in [0, 0.1) is 0 Å². The van der Waals surface area contributed by atoms with Gasteiger partial charge in [0.1, 0.15) is 0 Å². The Bertz CT molecular complexity index is 474. The summed E-state index contributed by atoms with van der Waals surface area (Å²) in [5.41, 5.74) is -0.788. The molecule has 0 unspecified atom stereocenters. The van der Waals surface area contributed by atoms with Gasteiger partial charge in [0, 0.05) is 24.8 Å².